The van der Waals surface area contributed by atoms with Gasteiger partial charge in [-0.25, -0.2) is 9.07 Å². The summed E-state index contributed by atoms with van der Waals surface area (Å²) in [6.45, 7) is 4.85. The fourth-order valence-electron chi connectivity index (χ4n) is 4.03. The molecule has 2 N–H and O–H groups in total. The van der Waals surface area contributed by atoms with Gasteiger partial charge in [0.1, 0.15) is 11.5 Å². The van der Waals surface area contributed by atoms with Gasteiger partial charge in [0.2, 0.25) is 0 Å². The first kappa shape index (κ1) is 17.2. The Kier molecular flexibility index (Phi) is 4.53. The van der Waals surface area contributed by atoms with E-state index in [1.807, 2.05) is 0 Å². The number of hydrogen-bond donors (Lipinski definition) is 2. The van der Waals surface area contributed by atoms with Crippen LogP contribution in [-0.2, 0) is 12.8 Å². The summed E-state index contributed by atoms with van der Waals surface area (Å²) in [5.41, 5.74) is 2.93. The van der Waals surface area contributed by atoms with Gasteiger partial charge in [0, 0.05) is 17.8 Å². The van der Waals surface area contributed by atoms with Crippen LogP contribution < -0.4 is 10.6 Å². The summed E-state index contributed by atoms with van der Waals surface area (Å²) in [6.07, 6.45) is 4.73. The summed E-state index contributed by atoms with van der Waals surface area (Å²) >= 11 is 0. The molecule has 0 unspecified atom stereocenters. The Morgan fingerprint density at radius 1 is 1.31 bits per heavy atom. The normalized spacial score (nSPS) is 18.5. The molecule has 1 aromatic heterocycles. The van der Waals surface area contributed by atoms with Gasteiger partial charge in [-0.05, 0) is 62.7 Å². The molecule has 138 valence electrons. The molecule has 2 aromatic rings. The third-order valence-corrected chi connectivity index (χ3v) is 5.71. The maximum absolute atomic E-state index is 14.2. The summed E-state index contributed by atoms with van der Waals surface area (Å²) in [6, 6.07) is 6.59. The minimum Gasteiger partial charge on any atom is -0.350 e. The van der Waals surface area contributed by atoms with E-state index >= 15 is 0 Å². The molecule has 4 rings (SSSR count). The quantitative estimate of drug-likeness (QED) is 0.885. The smallest absolute Gasteiger partial charge is 0.272 e. The number of carbonyl (C=O) groups is 1. The summed E-state index contributed by atoms with van der Waals surface area (Å²) in [4.78, 5) is 12.8. The molecule has 2 aliphatic rings. The zero-order valence-electron chi connectivity index (χ0n) is 15.1. The Morgan fingerprint density at radius 2 is 2.08 bits per heavy atom. The number of nitrogens with zero attached hydrogens (tertiary/aromatic N) is 2. The molecule has 6 heteroatoms. The van der Waals surface area contributed by atoms with Gasteiger partial charge < -0.3 is 10.6 Å². The second kappa shape index (κ2) is 6.83. The van der Waals surface area contributed by atoms with Gasteiger partial charge in [-0.2, -0.15) is 5.10 Å². The minimum atomic E-state index is -0.320. The van der Waals surface area contributed by atoms with Crippen molar-refractivity contribution in [2.24, 2.45) is 5.41 Å². The van der Waals surface area contributed by atoms with Crippen LogP contribution in [0.5, 0.6) is 0 Å². The van der Waals surface area contributed by atoms with Crippen LogP contribution in [0, 0.1) is 11.2 Å². The third kappa shape index (κ3) is 3.14. The first-order valence-corrected chi connectivity index (χ1v) is 9.42. The van der Waals surface area contributed by atoms with Crippen molar-refractivity contribution in [2.45, 2.75) is 39.0 Å². The van der Waals surface area contributed by atoms with Crippen LogP contribution in [0.25, 0.3) is 5.69 Å². The number of piperidine rings is 1. The first-order valence-electron chi connectivity index (χ1n) is 9.42. The van der Waals surface area contributed by atoms with Gasteiger partial charge in [0.05, 0.1) is 0 Å². The van der Waals surface area contributed by atoms with E-state index in [9.17, 15) is 9.18 Å². The van der Waals surface area contributed by atoms with E-state index < -0.39 is 0 Å². The number of halogens is 1. The Bertz CT molecular complexity index is 823. The largest absolute Gasteiger partial charge is 0.350 e. The summed E-state index contributed by atoms with van der Waals surface area (Å²) < 4.78 is 15.9. The molecule has 1 saturated heterocycles. The van der Waals surface area contributed by atoms with Crippen LogP contribution in [0.4, 0.5) is 4.39 Å². The molecule has 0 bridgehead atoms. The van der Waals surface area contributed by atoms with E-state index in [1.165, 1.54) is 6.07 Å². The van der Waals surface area contributed by atoms with Gasteiger partial charge in [0.25, 0.3) is 5.91 Å². The molecule has 1 aliphatic heterocycles. The first-order chi connectivity index (χ1) is 12.6. The standard InChI is InChI=1S/C20H25FN4O/c1-20(9-11-22-12-10-20)13-23-19(26)18-14-5-4-8-16(14)25(24-18)17-7-3-2-6-15(17)21/h2-3,6-7,22H,4-5,8-13H2,1H3,(H,23,26). The van der Waals surface area contributed by atoms with Crippen LogP contribution in [-0.4, -0.2) is 35.3 Å². The molecule has 0 atom stereocenters. The number of para-hydroxylation sites is 1. The molecule has 1 fully saturated rings. The van der Waals surface area contributed by atoms with Gasteiger partial charge in [-0.3, -0.25) is 4.79 Å². The highest BCUT2D eigenvalue weighted by Crippen LogP contribution is 2.30. The van der Waals surface area contributed by atoms with E-state index in [-0.39, 0.29) is 17.1 Å². The van der Waals surface area contributed by atoms with Crippen LogP contribution in [0.1, 0.15) is 47.9 Å². The topological polar surface area (TPSA) is 59.0 Å². The fraction of sp³-hybridized carbons (Fsp3) is 0.500. The maximum Gasteiger partial charge on any atom is 0.272 e. The molecule has 0 radical (unpaired) electrons. The lowest BCUT2D eigenvalue weighted by molar-refractivity contribution is 0.0916. The highest BCUT2D eigenvalue weighted by molar-refractivity contribution is 5.94. The van der Waals surface area contributed by atoms with Crippen molar-refractivity contribution in [3.8, 4) is 5.69 Å². The molecular weight excluding hydrogens is 331 g/mol. The fourth-order valence-corrected chi connectivity index (χ4v) is 4.03. The molecule has 2 heterocycles. The van der Waals surface area contributed by atoms with Crippen LogP contribution in [0.3, 0.4) is 0 Å². The monoisotopic (exact) mass is 356 g/mol. The summed E-state index contributed by atoms with van der Waals surface area (Å²) in [5.74, 6) is -0.461. The second-order valence-corrected chi connectivity index (χ2v) is 7.73. The van der Waals surface area contributed by atoms with E-state index in [0.717, 1.165) is 56.5 Å². The third-order valence-electron chi connectivity index (χ3n) is 5.71. The lowest BCUT2D eigenvalue weighted by Crippen LogP contribution is -2.43. The second-order valence-electron chi connectivity index (χ2n) is 7.73. The average molecular weight is 356 g/mol. The van der Waals surface area contributed by atoms with Gasteiger partial charge in [-0.15, -0.1) is 0 Å². The Balaban J connectivity index is 1.58. The highest BCUT2D eigenvalue weighted by atomic mass is 19.1. The Hall–Kier alpha value is -2.21. The number of rotatable bonds is 4. The van der Waals surface area contributed by atoms with Gasteiger partial charge in [0.15, 0.2) is 5.69 Å². The number of fused-ring (bicyclic) bond motifs is 1. The number of nitrogens with one attached hydrogen (secondary N) is 2. The van der Waals surface area contributed by atoms with Crippen molar-refractivity contribution in [3.63, 3.8) is 0 Å². The zero-order valence-corrected chi connectivity index (χ0v) is 15.1. The number of amides is 1. The van der Waals surface area contributed by atoms with Crippen molar-refractivity contribution in [1.82, 2.24) is 20.4 Å². The zero-order chi connectivity index (χ0) is 18.1. The van der Waals surface area contributed by atoms with Crippen molar-refractivity contribution < 1.29 is 9.18 Å². The average Bonchev–Trinajstić information content (AvgIpc) is 3.24. The number of aromatic nitrogens is 2. The Labute approximate surface area is 153 Å². The van der Waals surface area contributed by atoms with E-state index in [0.29, 0.717) is 17.9 Å². The van der Waals surface area contributed by atoms with E-state index in [4.69, 9.17) is 0 Å². The molecule has 0 spiro atoms. The molecule has 26 heavy (non-hydrogen) atoms. The predicted octanol–water partition coefficient (Wildman–Crippen LogP) is 2.62. The van der Waals surface area contributed by atoms with Crippen molar-refractivity contribution in [1.29, 1.82) is 0 Å². The van der Waals surface area contributed by atoms with Crippen molar-refractivity contribution in [3.05, 3.63) is 47.0 Å². The lowest BCUT2D eigenvalue weighted by Gasteiger charge is -2.34. The van der Waals surface area contributed by atoms with Crippen LogP contribution >= 0.6 is 0 Å². The van der Waals surface area contributed by atoms with E-state index in [1.54, 1.807) is 22.9 Å². The van der Waals surface area contributed by atoms with E-state index in [2.05, 4.69) is 22.7 Å². The molecule has 1 aromatic carbocycles. The molecule has 0 saturated carbocycles. The molecule has 1 amide bonds. The predicted molar refractivity (Wildman–Crippen MR) is 98.1 cm³/mol. The van der Waals surface area contributed by atoms with Gasteiger partial charge in [-0.1, -0.05) is 19.1 Å². The number of benzene rings is 1. The summed E-state index contributed by atoms with van der Waals surface area (Å²) in [7, 11) is 0. The van der Waals surface area contributed by atoms with Crippen LogP contribution in [0.2, 0.25) is 0 Å². The maximum atomic E-state index is 14.2. The molecule has 1 aliphatic carbocycles. The number of hydrogen-bond acceptors (Lipinski definition) is 3. The van der Waals surface area contributed by atoms with Crippen molar-refractivity contribution >= 4 is 5.91 Å². The van der Waals surface area contributed by atoms with Crippen molar-refractivity contribution in [2.75, 3.05) is 19.6 Å². The number of carbonyl (C=O) groups excluding carboxylic acids is 1. The molecule has 5 nitrogen and oxygen atoms in total. The highest BCUT2D eigenvalue weighted by Gasteiger charge is 2.30. The van der Waals surface area contributed by atoms with Gasteiger partial charge >= 0.3 is 0 Å². The summed E-state index contributed by atoms with van der Waals surface area (Å²) in [5, 5.41) is 10.9. The molecular formula is C20H25FN4O. The SMILES string of the molecule is CC1(CNC(=O)c2nn(-c3ccccc3F)c3c2CCC3)CCNCC1. The minimum absolute atomic E-state index is 0.123. The van der Waals surface area contributed by atoms with Crippen LogP contribution in [0.15, 0.2) is 24.3 Å². The Morgan fingerprint density at radius 3 is 2.85 bits per heavy atom. The lowest BCUT2D eigenvalue weighted by atomic mass is 9.81.